The normalized spacial score (nSPS) is 19.6. The SMILES string of the molecule is O=C(Cc1ccccc1)CC1CC=CCC1. The molecular formula is C15H18O. The number of rotatable bonds is 4. The largest absolute Gasteiger partial charge is 0.299 e. The zero-order valence-electron chi connectivity index (χ0n) is 9.56. The van der Waals surface area contributed by atoms with Gasteiger partial charge in [0.2, 0.25) is 0 Å². The minimum absolute atomic E-state index is 0.381. The van der Waals surface area contributed by atoms with Crippen molar-refractivity contribution in [2.75, 3.05) is 0 Å². The molecular weight excluding hydrogens is 196 g/mol. The molecule has 0 saturated carbocycles. The van der Waals surface area contributed by atoms with Crippen LogP contribution in [0.2, 0.25) is 0 Å². The van der Waals surface area contributed by atoms with Crippen LogP contribution in [0.3, 0.4) is 0 Å². The Morgan fingerprint density at radius 2 is 2.00 bits per heavy atom. The van der Waals surface area contributed by atoms with E-state index < -0.39 is 0 Å². The third kappa shape index (κ3) is 3.34. The van der Waals surface area contributed by atoms with Crippen LogP contribution in [0.4, 0.5) is 0 Å². The molecule has 1 nitrogen and oxygen atoms in total. The van der Waals surface area contributed by atoms with Gasteiger partial charge in [-0.1, -0.05) is 42.5 Å². The molecule has 1 aliphatic rings. The Labute approximate surface area is 97.2 Å². The van der Waals surface area contributed by atoms with Gasteiger partial charge in [-0.15, -0.1) is 0 Å². The van der Waals surface area contributed by atoms with Gasteiger partial charge in [-0.2, -0.15) is 0 Å². The van der Waals surface area contributed by atoms with Crippen molar-refractivity contribution >= 4 is 5.78 Å². The van der Waals surface area contributed by atoms with Gasteiger partial charge in [0, 0.05) is 12.8 Å². The van der Waals surface area contributed by atoms with Crippen LogP contribution < -0.4 is 0 Å². The highest BCUT2D eigenvalue weighted by atomic mass is 16.1. The Morgan fingerprint density at radius 1 is 1.19 bits per heavy atom. The first-order valence-corrected chi connectivity index (χ1v) is 6.05. The number of carbonyl (C=O) groups excluding carboxylic acids is 1. The van der Waals surface area contributed by atoms with E-state index in [-0.39, 0.29) is 0 Å². The fourth-order valence-electron chi connectivity index (χ4n) is 2.26. The van der Waals surface area contributed by atoms with Crippen LogP contribution in [0.1, 0.15) is 31.2 Å². The average molecular weight is 214 g/mol. The van der Waals surface area contributed by atoms with E-state index in [0.29, 0.717) is 18.1 Å². The van der Waals surface area contributed by atoms with Gasteiger partial charge in [-0.05, 0) is 30.7 Å². The summed E-state index contributed by atoms with van der Waals surface area (Å²) in [5.74, 6) is 0.965. The van der Waals surface area contributed by atoms with Gasteiger partial charge in [-0.3, -0.25) is 4.79 Å². The molecule has 0 bridgehead atoms. The molecule has 0 heterocycles. The molecule has 1 aromatic rings. The molecule has 1 heteroatoms. The molecule has 1 unspecified atom stereocenters. The highest BCUT2D eigenvalue weighted by Crippen LogP contribution is 2.22. The molecule has 0 aliphatic heterocycles. The number of Topliss-reactive ketones (excluding diaryl/α,β-unsaturated/α-hetero) is 1. The van der Waals surface area contributed by atoms with E-state index >= 15 is 0 Å². The van der Waals surface area contributed by atoms with Crippen LogP contribution in [-0.4, -0.2) is 5.78 Å². The van der Waals surface area contributed by atoms with Crippen LogP contribution in [0.5, 0.6) is 0 Å². The second-order valence-corrected chi connectivity index (χ2v) is 4.56. The summed E-state index contributed by atoms with van der Waals surface area (Å²) >= 11 is 0. The Bertz CT molecular complexity index is 364. The monoisotopic (exact) mass is 214 g/mol. The van der Waals surface area contributed by atoms with E-state index in [4.69, 9.17) is 0 Å². The van der Waals surface area contributed by atoms with Crippen LogP contribution in [0.15, 0.2) is 42.5 Å². The van der Waals surface area contributed by atoms with Crippen LogP contribution in [-0.2, 0) is 11.2 Å². The zero-order valence-corrected chi connectivity index (χ0v) is 9.56. The molecule has 0 spiro atoms. The highest BCUT2D eigenvalue weighted by molar-refractivity contribution is 5.81. The number of hydrogen-bond acceptors (Lipinski definition) is 1. The van der Waals surface area contributed by atoms with Crippen molar-refractivity contribution < 1.29 is 4.79 Å². The molecule has 0 saturated heterocycles. The van der Waals surface area contributed by atoms with E-state index in [1.54, 1.807) is 0 Å². The van der Waals surface area contributed by atoms with E-state index in [2.05, 4.69) is 12.2 Å². The van der Waals surface area contributed by atoms with E-state index in [1.807, 2.05) is 30.3 Å². The van der Waals surface area contributed by atoms with Crippen LogP contribution >= 0.6 is 0 Å². The summed E-state index contributed by atoms with van der Waals surface area (Å²) in [4.78, 5) is 11.9. The summed E-state index contributed by atoms with van der Waals surface area (Å²) in [7, 11) is 0. The van der Waals surface area contributed by atoms with Gasteiger partial charge in [0.1, 0.15) is 5.78 Å². The summed E-state index contributed by atoms with van der Waals surface area (Å²) in [6, 6.07) is 10.0. The predicted molar refractivity (Wildman–Crippen MR) is 66.3 cm³/mol. The number of hydrogen-bond donors (Lipinski definition) is 0. The first kappa shape index (κ1) is 11.1. The minimum Gasteiger partial charge on any atom is -0.299 e. The molecule has 0 radical (unpaired) electrons. The van der Waals surface area contributed by atoms with Crippen LogP contribution in [0.25, 0.3) is 0 Å². The fourth-order valence-corrected chi connectivity index (χ4v) is 2.26. The molecule has 16 heavy (non-hydrogen) atoms. The van der Waals surface area contributed by atoms with Crippen molar-refractivity contribution in [3.63, 3.8) is 0 Å². The standard InChI is InChI=1S/C15H18O/c16-15(11-13-7-3-1-4-8-13)12-14-9-5-2-6-10-14/h1-5,7-8,14H,6,9-12H2. The number of carbonyl (C=O) groups is 1. The maximum absolute atomic E-state index is 11.9. The van der Waals surface area contributed by atoms with E-state index in [9.17, 15) is 4.79 Å². The Balaban J connectivity index is 1.82. The smallest absolute Gasteiger partial charge is 0.137 e. The second-order valence-electron chi connectivity index (χ2n) is 4.56. The summed E-state index contributed by atoms with van der Waals surface area (Å²) < 4.78 is 0. The Hall–Kier alpha value is -1.37. The summed E-state index contributed by atoms with van der Waals surface area (Å²) in [5, 5.41) is 0. The molecule has 84 valence electrons. The lowest BCUT2D eigenvalue weighted by Crippen LogP contribution is -2.11. The van der Waals surface area contributed by atoms with Crippen molar-refractivity contribution in [3.8, 4) is 0 Å². The fraction of sp³-hybridized carbons (Fsp3) is 0.400. The van der Waals surface area contributed by atoms with Crippen molar-refractivity contribution in [1.29, 1.82) is 0 Å². The van der Waals surface area contributed by atoms with Gasteiger partial charge < -0.3 is 0 Å². The van der Waals surface area contributed by atoms with Gasteiger partial charge >= 0.3 is 0 Å². The lowest BCUT2D eigenvalue weighted by molar-refractivity contribution is -0.119. The third-order valence-electron chi connectivity index (χ3n) is 3.14. The summed E-state index contributed by atoms with van der Waals surface area (Å²) in [6.45, 7) is 0. The van der Waals surface area contributed by atoms with Gasteiger partial charge in [0.25, 0.3) is 0 Å². The Kier molecular flexibility index (Phi) is 3.92. The molecule has 0 N–H and O–H groups in total. The van der Waals surface area contributed by atoms with Crippen molar-refractivity contribution in [3.05, 3.63) is 48.0 Å². The van der Waals surface area contributed by atoms with Crippen molar-refractivity contribution in [1.82, 2.24) is 0 Å². The first-order chi connectivity index (χ1) is 7.84. The zero-order chi connectivity index (χ0) is 11.2. The molecule has 1 atom stereocenters. The van der Waals surface area contributed by atoms with E-state index in [1.165, 1.54) is 6.42 Å². The molecule has 1 aromatic carbocycles. The molecule has 2 rings (SSSR count). The quantitative estimate of drug-likeness (QED) is 0.700. The molecule has 0 aromatic heterocycles. The topological polar surface area (TPSA) is 17.1 Å². The summed E-state index contributed by atoms with van der Waals surface area (Å²) in [6.07, 6.45) is 9.18. The number of benzene rings is 1. The third-order valence-corrected chi connectivity index (χ3v) is 3.14. The maximum Gasteiger partial charge on any atom is 0.137 e. The maximum atomic E-state index is 11.9. The molecule has 0 amide bonds. The lowest BCUT2D eigenvalue weighted by atomic mass is 9.88. The minimum atomic E-state index is 0.381. The predicted octanol–water partition coefficient (Wildman–Crippen LogP) is 3.54. The van der Waals surface area contributed by atoms with Gasteiger partial charge in [0.15, 0.2) is 0 Å². The number of allylic oxidation sites excluding steroid dienone is 2. The highest BCUT2D eigenvalue weighted by Gasteiger charge is 2.14. The second kappa shape index (κ2) is 5.64. The van der Waals surface area contributed by atoms with E-state index in [0.717, 1.165) is 24.8 Å². The van der Waals surface area contributed by atoms with Crippen LogP contribution in [0, 0.1) is 5.92 Å². The van der Waals surface area contributed by atoms with Crippen molar-refractivity contribution in [2.24, 2.45) is 5.92 Å². The number of ketones is 1. The Morgan fingerprint density at radius 3 is 2.69 bits per heavy atom. The van der Waals surface area contributed by atoms with Gasteiger partial charge in [0.05, 0.1) is 0 Å². The molecule has 1 aliphatic carbocycles. The lowest BCUT2D eigenvalue weighted by Gasteiger charge is -2.16. The average Bonchev–Trinajstić information content (AvgIpc) is 2.31. The first-order valence-electron chi connectivity index (χ1n) is 6.05. The van der Waals surface area contributed by atoms with Crippen molar-refractivity contribution in [2.45, 2.75) is 32.1 Å². The summed E-state index contributed by atoms with van der Waals surface area (Å²) in [5.41, 5.74) is 1.14. The van der Waals surface area contributed by atoms with Gasteiger partial charge in [-0.25, -0.2) is 0 Å². The molecule has 0 fully saturated rings.